The summed E-state index contributed by atoms with van der Waals surface area (Å²) in [5.41, 5.74) is 3.15. The first-order valence-electron chi connectivity index (χ1n) is 11.7. The van der Waals surface area contributed by atoms with Gasteiger partial charge < -0.3 is 24.8 Å². The highest BCUT2D eigenvalue weighted by molar-refractivity contribution is 5.82. The third kappa shape index (κ3) is 5.44. The third-order valence-corrected chi connectivity index (χ3v) is 6.37. The molecule has 0 aromatic heterocycles. The van der Waals surface area contributed by atoms with Gasteiger partial charge in [0, 0.05) is 25.6 Å². The van der Waals surface area contributed by atoms with Gasteiger partial charge in [0.25, 0.3) is 5.91 Å². The lowest BCUT2D eigenvalue weighted by atomic mass is 9.87. The zero-order valence-corrected chi connectivity index (χ0v) is 19.2. The van der Waals surface area contributed by atoms with E-state index in [0.717, 1.165) is 17.5 Å². The van der Waals surface area contributed by atoms with Crippen LogP contribution in [0.4, 0.5) is 4.39 Å². The fraction of sp³-hybridized carbons (Fsp3) is 0.500. The second kappa shape index (κ2) is 10.7. The lowest BCUT2D eigenvalue weighted by molar-refractivity contribution is -0.162. The van der Waals surface area contributed by atoms with Gasteiger partial charge in [-0.15, -0.1) is 0 Å². The highest BCUT2D eigenvalue weighted by atomic mass is 19.1. The Morgan fingerprint density at radius 1 is 1.24 bits per heavy atom. The third-order valence-electron chi connectivity index (χ3n) is 6.37. The highest BCUT2D eigenvalue weighted by Gasteiger charge is 2.40. The van der Waals surface area contributed by atoms with Crippen LogP contribution in [0.1, 0.15) is 43.0 Å². The summed E-state index contributed by atoms with van der Waals surface area (Å²) in [5, 5.41) is 12.6. The number of carbonyl (C=O) groups excluding carboxylic acids is 1. The number of hydrogen-bond donors (Lipinski definition) is 2. The topological polar surface area (TPSA) is 71.0 Å². The molecule has 1 fully saturated rings. The smallest absolute Gasteiger partial charge is 0.252 e. The fourth-order valence-electron chi connectivity index (χ4n) is 4.89. The summed E-state index contributed by atoms with van der Waals surface area (Å²) in [6.07, 6.45) is 0.463. The van der Waals surface area contributed by atoms with Gasteiger partial charge in [-0.25, -0.2) is 4.39 Å². The standard InChI is InChI=1S/C26H33FN2O4/c1-17(2)33-24-16-32-23(15-22(24)28-12-14-30)26(31)29-13-11-18-5-3-4-6-21(18)25(29)19-7-9-20(27)10-8-19/h3-10,17,22-25,28,30H,11-16H2,1-2H3/t22-,23+,24-,25-/m0/s1. The number of aliphatic hydroxyl groups is 1. The Balaban J connectivity index is 1.58. The van der Waals surface area contributed by atoms with Crippen molar-refractivity contribution in [2.75, 3.05) is 26.3 Å². The number of hydrogen-bond acceptors (Lipinski definition) is 5. The Hall–Kier alpha value is -2.32. The van der Waals surface area contributed by atoms with Crippen molar-refractivity contribution in [2.24, 2.45) is 0 Å². The molecule has 0 unspecified atom stereocenters. The molecule has 2 aromatic carbocycles. The van der Waals surface area contributed by atoms with Crippen LogP contribution >= 0.6 is 0 Å². The zero-order valence-electron chi connectivity index (χ0n) is 19.2. The van der Waals surface area contributed by atoms with Crippen molar-refractivity contribution in [1.29, 1.82) is 0 Å². The molecule has 0 aliphatic carbocycles. The van der Waals surface area contributed by atoms with E-state index in [9.17, 15) is 14.3 Å². The second-order valence-corrected chi connectivity index (χ2v) is 9.00. The molecular weight excluding hydrogens is 423 g/mol. The van der Waals surface area contributed by atoms with Crippen molar-refractivity contribution in [2.45, 2.75) is 57.1 Å². The SMILES string of the molecule is CC(C)O[C@H]1CO[C@@H](C(=O)N2CCc3ccccc3[C@@H]2c2ccc(F)cc2)C[C@@H]1NCCO. The van der Waals surface area contributed by atoms with Crippen molar-refractivity contribution >= 4 is 5.91 Å². The number of rotatable bonds is 7. The van der Waals surface area contributed by atoms with Gasteiger partial charge >= 0.3 is 0 Å². The molecular formula is C26H33FN2O4. The average molecular weight is 457 g/mol. The van der Waals surface area contributed by atoms with E-state index in [1.165, 1.54) is 17.7 Å². The minimum Gasteiger partial charge on any atom is -0.395 e. The van der Waals surface area contributed by atoms with Crippen LogP contribution in [-0.4, -0.2) is 66.6 Å². The van der Waals surface area contributed by atoms with E-state index in [4.69, 9.17) is 9.47 Å². The molecule has 0 spiro atoms. The van der Waals surface area contributed by atoms with Crippen LogP contribution in [-0.2, 0) is 20.7 Å². The fourth-order valence-corrected chi connectivity index (χ4v) is 4.89. The number of nitrogens with one attached hydrogen (secondary N) is 1. The summed E-state index contributed by atoms with van der Waals surface area (Å²) < 4.78 is 25.7. The van der Waals surface area contributed by atoms with Crippen LogP contribution in [0, 0.1) is 5.82 Å². The molecule has 2 heterocycles. The molecule has 0 bridgehead atoms. The first-order valence-corrected chi connectivity index (χ1v) is 11.7. The minimum absolute atomic E-state index is 0.0138. The van der Waals surface area contributed by atoms with Crippen molar-refractivity contribution in [3.8, 4) is 0 Å². The predicted molar refractivity (Wildman–Crippen MR) is 123 cm³/mol. The molecule has 178 valence electrons. The van der Waals surface area contributed by atoms with Crippen LogP contribution in [0.15, 0.2) is 48.5 Å². The molecule has 6 nitrogen and oxygen atoms in total. The molecule has 2 aromatic rings. The molecule has 0 saturated carbocycles. The van der Waals surface area contributed by atoms with E-state index in [1.807, 2.05) is 36.9 Å². The normalized spacial score (nSPS) is 25.2. The summed E-state index contributed by atoms with van der Waals surface area (Å²) >= 11 is 0. The molecule has 4 atom stereocenters. The van der Waals surface area contributed by atoms with Crippen molar-refractivity contribution < 1.29 is 23.8 Å². The second-order valence-electron chi connectivity index (χ2n) is 9.00. The minimum atomic E-state index is -0.610. The number of amides is 1. The summed E-state index contributed by atoms with van der Waals surface area (Å²) in [4.78, 5) is 15.6. The van der Waals surface area contributed by atoms with Crippen LogP contribution < -0.4 is 5.32 Å². The van der Waals surface area contributed by atoms with E-state index in [-0.39, 0.29) is 42.6 Å². The number of nitrogens with zero attached hydrogens (tertiary/aromatic N) is 1. The van der Waals surface area contributed by atoms with Crippen LogP contribution in [0.5, 0.6) is 0 Å². The van der Waals surface area contributed by atoms with Crippen molar-refractivity contribution in [3.63, 3.8) is 0 Å². The van der Waals surface area contributed by atoms with Crippen LogP contribution in [0.3, 0.4) is 0 Å². The molecule has 2 N–H and O–H groups in total. The predicted octanol–water partition coefficient (Wildman–Crippen LogP) is 2.83. The number of benzene rings is 2. The van der Waals surface area contributed by atoms with E-state index in [1.54, 1.807) is 12.1 Å². The van der Waals surface area contributed by atoms with Gasteiger partial charge in [0.15, 0.2) is 0 Å². The molecule has 1 amide bonds. The van der Waals surface area contributed by atoms with Crippen LogP contribution in [0.25, 0.3) is 0 Å². The summed E-state index contributed by atoms with van der Waals surface area (Å²) in [6.45, 7) is 5.26. The first kappa shape index (κ1) is 23.8. The summed E-state index contributed by atoms with van der Waals surface area (Å²) in [6, 6.07) is 14.1. The van der Waals surface area contributed by atoms with Gasteiger partial charge in [-0.05, 0) is 49.1 Å². The molecule has 2 aliphatic heterocycles. The van der Waals surface area contributed by atoms with Gasteiger partial charge in [-0.2, -0.15) is 0 Å². The Morgan fingerprint density at radius 3 is 2.73 bits per heavy atom. The van der Waals surface area contributed by atoms with E-state index >= 15 is 0 Å². The maximum absolute atomic E-state index is 13.8. The maximum atomic E-state index is 13.8. The number of aliphatic hydroxyl groups excluding tert-OH is 1. The number of carbonyl (C=O) groups is 1. The molecule has 4 rings (SSSR count). The zero-order chi connectivity index (χ0) is 23.4. The van der Waals surface area contributed by atoms with Crippen molar-refractivity contribution in [3.05, 3.63) is 71.0 Å². The lowest BCUT2D eigenvalue weighted by Crippen LogP contribution is -2.56. The summed E-state index contributed by atoms with van der Waals surface area (Å²) in [7, 11) is 0. The quantitative estimate of drug-likeness (QED) is 0.671. The average Bonchev–Trinajstić information content (AvgIpc) is 2.82. The maximum Gasteiger partial charge on any atom is 0.252 e. The van der Waals surface area contributed by atoms with Gasteiger partial charge in [0.1, 0.15) is 11.9 Å². The van der Waals surface area contributed by atoms with E-state index in [2.05, 4.69) is 11.4 Å². The largest absolute Gasteiger partial charge is 0.395 e. The van der Waals surface area contributed by atoms with E-state index < -0.39 is 6.10 Å². The highest BCUT2D eigenvalue weighted by Crippen LogP contribution is 2.36. The Kier molecular flexibility index (Phi) is 7.75. The molecule has 7 heteroatoms. The van der Waals surface area contributed by atoms with Gasteiger partial charge in [0.2, 0.25) is 0 Å². The van der Waals surface area contributed by atoms with Gasteiger partial charge in [-0.1, -0.05) is 36.4 Å². The van der Waals surface area contributed by atoms with Gasteiger partial charge in [0.05, 0.1) is 31.5 Å². The number of fused-ring (bicyclic) bond motifs is 1. The monoisotopic (exact) mass is 456 g/mol. The first-order chi connectivity index (χ1) is 16.0. The van der Waals surface area contributed by atoms with Crippen molar-refractivity contribution in [1.82, 2.24) is 10.2 Å². The molecule has 33 heavy (non-hydrogen) atoms. The van der Waals surface area contributed by atoms with E-state index in [0.29, 0.717) is 26.1 Å². The lowest BCUT2D eigenvalue weighted by Gasteiger charge is -2.42. The molecule has 0 radical (unpaired) electrons. The summed E-state index contributed by atoms with van der Waals surface area (Å²) in [5.74, 6) is -0.372. The number of halogens is 1. The van der Waals surface area contributed by atoms with Gasteiger partial charge in [-0.3, -0.25) is 4.79 Å². The Morgan fingerprint density at radius 2 is 2.00 bits per heavy atom. The Bertz CT molecular complexity index is 936. The molecule has 1 saturated heterocycles. The van der Waals surface area contributed by atoms with Crippen LogP contribution in [0.2, 0.25) is 0 Å². The molecule has 2 aliphatic rings. The Labute approximate surface area is 194 Å². The number of ether oxygens (including phenoxy) is 2.